The minimum atomic E-state index is -0.450. The van der Waals surface area contributed by atoms with Crippen molar-refractivity contribution in [1.82, 2.24) is 0 Å². The van der Waals surface area contributed by atoms with Crippen molar-refractivity contribution in [2.45, 2.75) is 47.1 Å². The summed E-state index contributed by atoms with van der Waals surface area (Å²) in [7, 11) is 0. The highest BCUT2D eigenvalue weighted by molar-refractivity contribution is 5.78. The summed E-state index contributed by atoms with van der Waals surface area (Å²) >= 11 is 0. The molecule has 0 saturated heterocycles. The SMILES string of the molecule is CC(C#N)=CC1C(C(=O)OC(C)(C)C)C1(C)C. The summed E-state index contributed by atoms with van der Waals surface area (Å²) in [6.45, 7) is 11.4. The van der Waals surface area contributed by atoms with Gasteiger partial charge in [-0.3, -0.25) is 4.79 Å². The molecule has 1 aliphatic rings. The molecule has 2 unspecified atom stereocenters. The summed E-state index contributed by atoms with van der Waals surface area (Å²) in [5.41, 5.74) is 0.114. The van der Waals surface area contributed by atoms with Gasteiger partial charge in [0.2, 0.25) is 0 Å². The van der Waals surface area contributed by atoms with Crippen molar-refractivity contribution in [3.8, 4) is 6.07 Å². The summed E-state index contributed by atoms with van der Waals surface area (Å²) in [6.07, 6.45) is 1.88. The van der Waals surface area contributed by atoms with E-state index in [9.17, 15) is 4.79 Å². The highest BCUT2D eigenvalue weighted by Crippen LogP contribution is 2.60. The summed E-state index contributed by atoms with van der Waals surface area (Å²) < 4.78 is 5.39. The van der Waals surface area contributed by atoms with Crippen LogP contribution in [0.4, 0.5) is 0 Å². The molecule has 0 bridgehead atoms. The topological polar surface area (TPSA) is 50.1 Å². The standard InChI is InChI=1S/C14H21NO2/c1-9(8-15)7-10-11(14(10,5)6)12(16)17-13(2,3)4/h7,10-11H,1-6H3. The maximum atomic E-state index is 12.0. The first-order valence-electron chi connectivity index (χ1n) is 5.91. The van der Waals surface area contributed by atoms with Gasteiger partial charge >= 0.3 is 5.97 Å². The lowest BCUT2D eigenvalue weighted by Gasteiger charge is -2.19. The highest BCUT2D eigenvalue weighted by atomic mass is 16.6. The zero-order chi connectivity index (χ0) is 13.4. The van der Waals surface area contributed by atoms with E-state index in [4.69, 9.17) is 10.00 Å². The number of nitriles is 1. The number of rotatable bonds is 2. The number of carbonyl (C=O) groups excluding carboxylic acids is 1. The lowest BCUT2D eigenvalue weighted by Crippen LogP contribution is -2.26. The monoisotopic (exact) mass is 235 g/mol. The van der Waals surface area contributed by atoms with E-state index in [1.54, 1.807) is 6.92 Å². The number of allylic oxidation sites excluding steroid dienone is 2. The molecular weight excluding hydrogens is 214 g/mol. The van der Waals surface area contributed by atoms with Gasteiger partial charge in [0.25, 0.3) is 0 Å². The van der Waals surface area contributed by atoms with Gasteiger partial charge in [-0.15, -0.1) is 0 Å². The van der Waals surface area contributed by atoms with E-state index >= 15 is 0 Å². The zero-order valence-electron chi connectivity index (χ0n) is 11.5. The van der Waals surface area contributed by atoms with Crippen LogP contribution in [0.3, 0.4) is 0 Å². The molecule has 3 heteroatoms. The molecule has 0 aliphatic heterocycles. The third-order valence-electron chi connectivity index (χ3n) is 3.18. The number of nitrogens with zero attached hydrogens (tertiary/aromatic N) is 1. The Morgan fingerprint density at radius 1 is 1.41 bits per heavy atom. The van der Waals surface area contributed by atoms with E-state index < -0.39 is 5.60 Å². The van der Waals surface area contributed by atoms with Gasteiger partial charge in [-0.1, -0.05) is 19.9 Å². The second kappa shape index (κ2) is 4.18. The second-order valence-electron chi connectivity index (χ2n) is 6.32. The molecule has 1 fully saturated rings. The summed E-state index contributed by atoms with van der Waals surface area (Å²) in [4.78, 5) is 12.0. The summed E-state index contributed by atoms with van der Waals surface area (Å²) in [5.74, 6) is -0.156. The molecular formula is C14H21NO2. The van der Waals surface area contributed by atoms with E-state index in [-0.39, 0.29) is 23.2 Å². The van der Waals surface area contributed by atoms with Crippen molar-refractivity contribution in [2.24, 2.45) is 17.3 Å². The number of carbonyl (C=O) groups is 1. The minimum Gasteiger partial charge on any atom is -0.460 e. The molecule has 0 aromatic rings. The molecule has 0 heterocycles. The number of esters is 1. The molecule has 0 aromatic heterocycles. The van der Waals surface area contributed by atoms with Crippen LogP contribution in [0, 0.1) is 28.6 Å². The predicted molar refractivity (Wildman–Crippen MR) is 66.0 cm³/mol. The lowest BCUT2D eigenvalue weighted by molar-refractivity contribution is -0.157. The van der Waals surface area contributed by atoms with Crippen molar-refractivity contribution in [1.29, 1.82) is 5.26 Å². The molecule has 0 radical (unpaired) electrons. The van der Waals surface area contributed by atoms with Crippen LogP contribution < -0.4 is 0 Å². The number of ether oxygens (including phenoxy) is 1. The Balaban J connectivity index is 2.76. The Labute approximate surface area is 103 Å². The Morgan fingerprint density at radius 2 is 1.94 bits per heavy atom. The van der Waals surface area contributed by atoms with Gasteiger partial charge in [-0.25, -0.2) is 0 Å². The minimum absolute atomic E-state index is 0.0968. The average Bonchev–Trinajstić information content (AvgIpc) is 2.65. The Hall–Kier alpha value is -1.30. The largest absolute Gasteiger partial charge is 0.460 e. The van der Waals surface area contributed by atoms with E-state index in [1.165, 1.54) is 0 Å². The van der Waals surface area contributed by atoms with Crippen molar-refractivity contribution in [3.05, 3.63) is 11.6 Å². The molecule has 17 heavy (non-hydrogen) atoms. The highest BCUT2D eigenvalue weighted by Gasteiger charge is 2.61. The van der Waals surface area contributed by atoms with Gasteiger partial charge < -0.3 is 4.74 Å². The second-order valence-corrected chi connectivity index (χ2v) is 6.32. The van der Waals surface area contributed by atoms with Gasteiger partial charge in [-0.05, 0) is 39.0 Å². The number of hydrogen-bond donors (Lipinski definition) is 0. The van der Waals surface area contributed by atoms with E-state index in [1.807, 2.05) is 40.7 Å². The van der Waals surface area contributed by atoms with Crippen LogP contribution in [0.1, 0.15) is 41.5 Å². The van der Waals surface area contributed by atoms with Gasteiger partial charge in [-0.2, -0.15) is 5.26 Å². The summed E-state index contributed by atoms with van der Waals surface area (Å²) in [6, 6.07) is 2.09. The first-order valence-corrected chi connectivity index (χ1v) is 5.91. The van der Waals surface area contributed by atoms with Crippen molar-refractivity contribution < 1.29 is 9.53 Å². The summed E-state index contributed by atoms with van der Waals surface area (Å²) in [5, 5.41) is 8.76. The van der Waals surface area contributed by atoms with Crippen molar-refractivity contribution in [2.75, 3.05) is 0 Å². The van der Waals surface area contributed by atoms with E-state index in [0.29, 0.717) is 5.57 Å². The zero-order valence-corrected chi connectivity index (χ0v) is 11.5. The Bertz CT molecular complexity index is 393. The molecule has 0 N–H and O–H groups in total. The van der Waals surface area contributed by atoms with Crippen LogP contribution in [-0.2, 0) is 9.53 Å². The molecule has 1 saturated carbocycles. The van der Waals surface area contributed by atoms with Crippen LogP contribution in [-0.4, -0.2) is 11.6 Å². The molecule has 3 nitrogen and oxygen atoms in total. The van der Waals surface area contributed by atoms with E-state index in [2.05, 4.69) is 6.07 Å². The first kappa shape index (κ1) is 13.8. The fourth-order valence-corrected chi connectivity index (χ4v) is 2.11. The fraction of sp³-hybridized carbons (Fsp3) is 0.714. The average molecular weight is 235 g/mol. The van der Waals surface area contributed by atoms with Gasteiger partial charge in [0, 0.05) is 5.57 Å². The van der Waals surface area contributed by atoms with Crippen LogP contribution in [0.5, 0.6) is 0 Å². The van der Waals surface area contributed by atoms with Gasteiger partial charge in [0.15, 0.2) is 0 Å². The first-order chi connectivity index (χ1) is 7.59. The predicted octanol–water partition coefficient (Wildman–Crippen LogP) is 3.07. The van der Waals surface area contributed by atoms with E-state index in [0.717, 1.165) is 0 Å². The molecule has 0 amide bonds. The Kier molecular flexibility index (Phi) is 3.38. The molecule has 0 aromatic carbocycles. The van der Waals surface area contributed by atoms with Crippen molar-refractivity contribution >= 4 is 5.97 Å². The molecule has 1 rings (SSSR count). The van der Waals surface area contributed by atoms with Gasteiger partial charge in [0.1, 0.15) is 5.60 Å². The molecule has 94 valence electrons. The van der Waals surface area contributed by atoms with Crippen LogP contribution in [0.15, 0.2) is 11.6 Å². The molecule has 0 spiro atoms. The normalized spacial score (nSPS) is 27.2. The van der Waals surface area contributed by atoms with Crippen LogP contribution >= 0.6 is 0 Å². The van der Waals surface area contributed by atoms with Crippen molar-refractivity contribution in [3.63, 3.8) is 0 Å². The molecule has 2 atom stereocenters. The fourth-order valence-electron chi connectivity index (χ4n) is 2.11. The number of hydrogen-bond acceptors (Lipinski definition) is 3. The van der Waals surface area contributed by atoms with Crippen LogP contribution in [0.25, 0.3) is 0 Å². The third kappa shape index (κ3) is 3.09. The lowest BCUT2D eigenvalue weighted by atomic mass is 10.1. The smallest absolute Gasteiger partial charge is 0.310 e. The Morgan fingerprint density at radius 3 is 2.35 bits per heavy atom. The van der Waals surface area contributed by atoms with Crippen LogP contribution in [0.2, 0.25) is 0 Å². The maximum absolute atomic E-state index is 12.0. The quantitative estimate of drug-likeness (QED) is 0.546. The molecule has 1 aliphatic carbocycles. The third-order valence-corrected chi connectivity index (χ3v) is 3.18. The maximum Gasteiger partial charge on any atom is 0.310 e. The van der Waals surface area contributed by atoms with Gasteiger partial charge in [0.05, 0.1) is 12.0 Å².